The van der Waals surface area contributed by atoms with Crippen molar-refractivity contribution in [1.29, 1.82) is 0 Å². The van der Waals surface area contributed by atoms with Crippen LogP contribution in [0.1, 0.15) is 31.2 Å². The third-order valence-electron chi connectivity index (χ3n) is 6.59. The van der Waals surface area contributed by atoms with E-state index in [-0.39, 0.29) is 29.6 Å². The van der Waals surface area contributed by atoms with E-state index in [2.05, 4.69) is 15.5 Å². The number of benzene rings is 2. The van der Waals surface area contributed by atoms with Gasteiger partial charge < -0.3 is 15.5 Å². The van der Waals surface area contributed by atoms with Gasteiger partial charge in [0.2, 0.25) is 5.91 Å². The third kappa shape index (κ3) is 6.07. The molecule has 1 saturated heterocycles. The maximum Gasteiger partial charge on any atom is 0.321 e. The molecule has 1 heterocycles. The van der Waals surface area contributed by atoms with E-state index in [1.165, 1.54) is 36.4 Å². The molecule has 2 aromatic rings. The van der Waals surface area contributed by atoms with Crippen molar-refractivity contribution >= 4 is 17.6 Å². The highest BCUT2D eigenvalue weighted by Crippen LogP contribution is 2.31. The lowest BCUT2D eigenvalue weighted by atomic mass is 9.95. The third-order valence-corrected chi connectivity index (χ3v) is 6.59. The van der Waals surface area contributed by atoms with E-state index >= 15 is 0 Å². The van der Waals surface area contributed by atoms with Gasteiger partial charge in [-0.2, -0.15) is 0 Å². The van der Waals surface area contributed by atoms with E-state index in [1.54, 1.807) is 17.0 Å². The van der Waals surface area contributed by atoms with Crippen LogP contribution in [0.2, 0.25) is 0 Å². The quantitative estimate of drug-likeness (QED) is 0.691. The lowest BCUT2D eigenvalue weighted by Crippen LogP contribution is -2.58. The largest absolute Gasteiger partial charge is 0.351 e. The molecule has 0 radical (unpaired) electrons. The summed E-state index contributed by atoms with van der Waals surface area (Å²) >= 11 is 0. The molecule has 2 fully saturated rings. The highest BCUT2D eigenvalue weighted by Gasteiger charge is 2.37. The molecule has 0 unspecified atom stereocenters. The van der Waals surface area contributed by atoms with Crippen LogP contribution in [0.4, 0.5) is 19.3 Å². The van der Waals surface area contributed by atoms with Crippen LogP contribution in [0.3, 0.4) is 0 Å². The number of piperazine rings is 1. The number of nitrogens with one attached hydrogen (secondary N) is 2. The topological polar surface area (TPSA) is 64.7 Å². The highest BCUT2D eigenvalue weighted by atomic mass is 19.1. The Morgan fingerprint density at radius 2 is 1.45 bits per heavy atom. The molecule has 1 saturated carbocycles. The summed E-state index contributed by atoms with van der Waals surface area (Å²) in [4.78, 5) is 29.7. The van der Waals surface area contributed by atoms with Crippen LogP contribution >= 0.6 is 0 Å². The number of carbonyl (C=O) groups excluding carboxylic acids is 2. The Balaban J connectivity index is 1.34. The van der Waals surface area contributed by atoms with Gasteiger partial charge >= 0.3 is 6.03 Å². The fourth-order valence-corrected chi connectivity index (χ4v) is 4.79. The molecule has 0 aromatic heterocycles. The number of hydrogen-bond acceptors (Lipinski definition) is 3. The number of nitrogens with zero attached hydrogens (tertiary/aromatic N) is 2. The van der Waals surface area contributed by atoms with Gasteiger partial charge in [-0.3, -0.25) is 9.69 Å². The molecule has 8 heteroatoms. The van der Waals surface area contributed by atoms with Gasteiger partial charge in [-0.05, 0) is 60.7 Å². The normalized spacial score (nSPS) is 18.2. The van der Waals surface area contributed by atoms with Crippen LogP contribution in [0, 0.1) is 17.6 Å². The van der Waals surface area contributed by atoms with Crippen molar-refractivity contribution in [2.75, 3.05) is 31.5 Å². The van der Waals surface area contributed by atoms with Gasteiger partial charge in [-0.15, -0.1) is 0 Å². The molecular formula is C25H30F2N4O2. The number of carbonyl (C=O) groups is 2. The van der Waals surface area contributed by atoms with E-state index < -0.39 is 0 Å². The zero-order valence-electron chi connectivity index (χ0n) is 18.6. The Hall–Kier alpha value is -3.00. The molecule has 4 rings (SSSR count). The van der Waals surface area contributed by atoms with Crippen LogP contribution in [0.25, 0.3) is 0 Å². The Morgan fingerprint density at radius 3 is 2.06 bits per heavy atom. The second-order valence-electron chi connectivity index (χ2n) is 8.79. The Morgan fingerprint density at radius 1 is 0.879 bits per heavy atom. The van der Waals surface area contributed by atoms with Crippen LogP contribution in [0.5, 0.6) is 0 Å². The first-order chi connectivity index (χ1) is 16.0. The minimum Gasteiger partial charge on any atom is -0.351 e. The Labute approximate surface area is 192 Å². The van der Waals surface area contributed by atoms with Crippen molar-refractivity contribution in [1.82, 2.24) is 15.1 Å². The summed E-state index contributed by atoms with van der Waals surface area (Å²) < 4.78 is 26.2. The van der Waals surface area contributed by atoms with E-state index in [0.717, 1.165) is 31.2 Å². The second-order valence-corrected chi connectivity index (χ2v) is 8.79. The van der Waals surface area contributed by atoms with Gasteiger partial charge in [0, 0.05) is 38.4 Å². The predicted octanol–water partition coefficient (Wildman–Crippen LogP) is 3.99. The van der Waals surface area contributed by atoms with Crippen molar-refractivity contribution < 1.29 is 18.4 Å². The van der Waals surface area contributed by atoms with E-state index in [1.807, 2.05) is 0 Å². The summed E-state index contributed by atoms with van der Waals surface area (Å²) in [6.07, 6.45) is 4.32. The summed E-state index contributed by atoms with van der Waals surface area (Å²) in [5.41, 5.74) is 1.41. The van der Waals surface area contributed by atoms with Crippen molar-refractivity contribution in [3.05, 3.63) is 65.7 Å². The Bertz CT molecular complexity index is 938. The van der Waals surface area contributed by atoms with Crippen LogP contribution < -0.4 is 10.6 Å². The van der Waals surface area contributed by atoms with E-state index in [4.69, 9.17) is 0 Å². The zero-order valence-corrected chi connectivity index (χ0v) is 18.6. The summed E-state index contributed by atoms with van der Waals surface area (Å²) in [5, 5.41) is 5.84. The van der Waals surface area contributed by atoms with Gasteiger partial charge in [0.05, 0.1) is 6.04 Å². The minimum atomic E-state index is -0.350. The van der Waals surface area contributed by atoms with Gasteiger partial charge in [0.1, 0.15) is 11.6 Å². The average molecular weight is 457 g/mol. The fraction of sp³-hybridized carbons (Fsp3) is 0.440. The predicted molar refractivity (Wildman–Crippen MR) is 123 cm³/mol. The van der Waals surface area contributed by atoms with Crippen molar-refractivity contribution in [3.63, 3.8) is 0 Å². The first-order valence-corrected chi connectivity index (χ1v) is 11.6. The lowest BCUT2D eigenvalue weighted by molar-refractivity contribution is -0.129. The number of rotatable bonds is 6. The molecule has 1 aliphatic heterocycles. The van der Waals surface area contributed by atoms with Crippen LogP contribution in [-0.4, -0.2) is 54.0 Å². The van der Waals surface area contributed by atoms with Gasteiger partial charge in [-0.1, -0.05) is 25.0 Å². The smallest absolute Gasteiger partial charge is 0.321 e. The molecule has 2 aliphatic rings. The maximum absolute atomic E-state index is 13.2. The summed E-state index contributed by atoms with van der Waals surface area (Å²) in [6.45, 7) is 2.62. The summed E-state index contributed by atoms with van der Waals surface area (Å²) in [5.74, 6) is -0.347. The van der Waals surface area contributed by atoms with Crippen molar-refractivity contribution in [2.24, 2.45) is 5.92 Å². The molecule has 1 atom stereocenters. The summed E-state index contributed by atoms with van der Waals surface area (Å²) in [7, 11) is 0. The van der Waals surface area contributed by atoms with Crippen LogP contribution in [0.15, 0.2) is 48.5 Å². The SMILES string of the molecule is O=C(NCc1ccc(F)cc1)[C@H](C1CCCC1)N1CCN(C(=O)Nc2ccc(F)cc2)CC1. The minimum absolute atomic E-state index is 0.00422. The first kappa shape index (κ1) is 23.2. The van der Waals surface area contributed by atoms with Gasteiger partial charge in [0.15, 0.2) is 0 Å². The molecule has 3 amide bonds. The molecular weight excluding hydrogens is 426 g/mol. The molecule has 0 bridgehead atoms. The standard InChI is InChI=1S/C25H30F2N4O2/c26-20-7-5-18(6-8-20)17-28-24(32)23(19-3-1-2-4-19)30-13-15-31(16-14-30)25(33)29-22-11-9-21(27)10-12-22/h5-12,19,23H,1-4,13-17H2,(H,28,32)(H,29,33)/t23-/m0/s1. The number of hydrogen-bond donors (Lipinski definition) is 2. The first-order valence-electron chi connectivity index (χ1n) is 11.6. The maximum atomic E-state index is 13.2. The van der Waals surface area contributed by atoms with Gasteiger partial charge in [-0.25, -0.2) is 13.6 Å². The molecule has 2 aromatic carbocycles. The zero-order chi connectivity index (χ0) is 23.2. The molecule has 0 spiro atoms. The second kappa shape index (κ2) is 10.7. The molecule has 1 aliphatic carbocycles. The number of halogens is 2. The van der Waals surface area contributed by atoms with E-state index in [0.29, 0.717) is 44.3 Å². The molecule has 176 valence electrons. The molecule has 2 N–H and O–H groups in total. The van der Waals surface area contributed by atoms with Gasteiger partial charge in [0.25, 0.3) is 0 Å². The number of urea groups is 1. The number of anilines is 1. The number of amides is 3. The van der Waals surface area contributed by atoms with Crippen molar-refractivity contribution in [3.8, 4) is 0 Å². The van der Waals surface area contributed by atoms with E-state index in [9.17, 15) is 18.4 Å². The Kier molecular flexibility index (Phi) is 7.54. The highest BCUT2D eigenvalue weighted by molar-refractivity contribution is 5.89. The monoisotopic (exact) mass is 456 g/mol. The van der Waals surface area contributed by atoms with Crippen LogP contribution in [-0.2, 0) is 11.3 Å². The summed E-state index contributed by atoms with van der Waals surface area (Å²) in [6, 6.07) is 11.4. The molecule has 6 nitrogen and oxygen atoms in total. The average Bonchev–Trinajstić information content (AvgIpc) is 3.35. The van der Waals surface area contributed by atoms with Crippen molar-refractivity contribution in [2.45, 2.75) is 38.3 Å². The lowest BCUT2D eigenvalue weighted by Gasteiger charge is -2.40. The molecule has 33 heavy (non-hydrogen) atoms. The fourth-order valence-electron chi connectivity index (χ4n) is 4.79.